The predicted octanol–water partition coefficient (Wildman–Crippen LogP) is 5.18. The number of aryl methyl sites for hydroxylation is 1. The monoisotopic (exact) mass is 462 g/mol. The van der Waals surface area contributed by atoms with E-state index < -0.39 is 0 Å². The van der Waals surface area contributed by atoms with Crippen LogP contribution in [0.2, 0.25) is 0 Å². The fraction of sp³-hybridized carbons (Fsp3) is 0.464. The van der Waals surface area contributed by atoms with Crippen LogP contribution in [-0.2, 0) is 11.2 Å². The standard InChI is InChI=1S/C17H25NO2.C11H13N3/c1-13-3-5-15(6-4-13)12-18-17(19)11-14-7-9-16(20-2)10-8-14;1-8-12-10-7-5-4-6-9(10)11(13-8)14(2)3/h7-10,13,15H,3-6,11-12H2,1-2H3,(H,18,19);4-7H,1-3H3. The molecule has 1 aromatic heterocycles. The summed E-state index contributed by atoms with van der Waals surface area (Å²) < 4.78 is 5.11. The SMILES string of the molecule is COc1ccc(CC(=O)NCC2CCC(C)CC2)cc1.Cc1nc(N(C)C)c2ccccc2n1. The van der Waals surface area contributed by atoms with Gasteiger partial charge in [0.15, 0.2) is 0 Å². The van der Waals surface area contributed by atoms with Gasteiger partial charge in [0.1, 0.15) is 17.4 Å². The Bertz CT molecular complexity index is 1060. The number of carbonyl (C=O) groups excluding carboxylic acids is 1. The van der Waals surface area contributed by atoms with Gasteiger partial charge in [-0.3, -0.25) is 4.79 Å². The van der Waals surface area contributed by atoms with Gasteiger partial charge in [0.05, 0.1) is 19.0 Å². The molecule has 0 radical (unpaired) electrons. The van der Waals surface area contributed by atoms with E-state index in [2.05, 4.69) is 22.2 Å². The number of anilines is 1. The van der Waals surface area contributed by atoms with Crippen LogP contribution in [0.3, 0.4) is 0 Å². The van der Waals surface area contributed by atoms with Crippen molar-refractivity contribution in [1.82, 2.24) is 15.3 Å². The molecular weight excluding hydrogens is 424 g/mol. The van der Waals surface area contributed by atoms with Crippen molar-refractivity contribution in [3.05, 3.63) is 59.9 Å². The van der Waals surface area contributed by atoms with E-state index in [1.165, 1.54) is 25.7 Å². The number of para-hydroxylation sites is 1. The van der Waals surface area contributed by atoms with Gasteiger partial charge >= 0.3 is 0 Å². The minimum absolute atomic E-state index is 0.119. The molecule has 34 heavy (non-hydrogen) atoms. The molecule has 0 unspecified atom stereocenters. The lowest BCUT2D eigenvalue weighted by Gasteiger charge is -2.26. The first-order valence-electron chi connectivity index (χ1n) is 12.2. The van der Waals surface area contributed by atoms with Crippen molar-refractivity contribution < 1.29 is 9.53 Å². The molecule has 1 fully saturated rings. The van der Waals surface area contributed by atoms with Crippen LogP contribution in [0.15, 0.2) is 48.5 Å². The summed E-state index contributed by atoms with van der Waals surface area (Å²) in [6.07, 6.45) is 5.57. The van der Waals surface area contributed by atoms with Crippen LogP contribution in [0.5, 0.6) is 5.75 Å². The van der Waals surface area contributed by atoms with Crippen molar-refractivity contribution in [3.63, 3.8) is 0 Å². The number of hydrogen-bond acceptors (Lipinski definition) is 5. The molecule has 6 nitrogen and oxygen atoms in total. The highest BCUT2D eigenvalue weighted by molar-refractivity contribution is 5.89. The number of nitrogens with one attached hydrogen (secondary N) is 1. The van der Waals surface area contributed by atoms with Crippen molar-refractivity contribution in [2.75, 3.05) is 32.6 Å². The molecule has 1 aliphatic carbocycles. The van der Waals surface area contributed by atoms with E-state index in [0.717, 1.165) is 46.3 Å². The lowest BCUT2D eigenvalue weighted by Crippen LogP contribution is -2.32. The summed E-state index contributed by atoms with van der Waals surface area (Å²) in [5.74, 6) is 4.27. The molecule has 0 spiro atoms. The Morgan fingerprint density at radius 2 is 1.71 bits per heavy atom. The summed E-state index contributed by atoms with van der Waals surface area (Å²) in [4.78, 5) is 22.7. The zero-order valence-electron chi connectivity index (χ0n) is 21.2. The Labute approximate surface area is 203 Å². The van der Waals surface area contributed by atoms with Crippen LogP contribution in [-0.4, -0.2) is 43.6 Å². The van der Waals surface area contributed by atoms with Crippen molar-refractivity contribution in [3.8, 4) is 5.75 Å². The van der Waals surface area contributed by atoms with Crippen molar-refractivity contribution >= 4 is 22.6 Å². The summed E-state index contributed by atoms with van der Waals surface area (Å²) in [7, 11) is 5.63. The average Bonchev–Trinajstić information content (AvgIpc) is 2.84. The van der Waals surface area contributed by atoms with Crippen LogP contribution in [0, 0.1) is 18.8 Å². The Hall–Kier alpha value is -3.15. The fourth-order valence-electron chi connectivity index (χ4n) is 4.30. The molecule has 2 aromatic carbocycles. The molecule has 1 heterocycles. The quantitative estimate of drug-likeness (QED) is 0.546. The lowest BCUT2D eigenvalue weighted by molar-refractivity contribution is -0.120. The fourth-order valence-corrected chi connectivity index (χ4v) is 4.30. The number of methoxy groups -OCH3 is 1. The Kier molecular flexibility index (Phi) is 9.25. The molecule has 1 aliphatic rings. The third-order valence-corrected chi connectivity index (χ3v) is 6.37. The van der Waals surface area contributed by atoms with Gasteiger partial charge in [-0.25, -0.2) is 9.97 Å². The van der Waals surface area contributed by atoms with Gasteiger partial charge in [0.2, 0.25) is 5.91 Å². The van der Waals surface area contributed by atoms with Gasteiger partial charge in [-0.15, -0.1) is 0 Å². The molecular formula is C28H38N4O2. The van der Waals surface area contributed by atoms with E-state index in [1.54, 1.807) is 7.11 Å². The van der Waals surface area contributed by atoms with Gasteiger partial charge in [-0.05, 0) is 61.4 Å². The molecule has 3 aromatic rings. The molecule has 1 saturated carbocycles. The Morgan fingerprint density at radius 1 is 1.03 bits per heavy atom. The van der Waals surface area contributed by atoms with Crippen molar-refractivity contribution in [2.45, 2.75) is 46.0 Å². The molecule has 182 valence electrons. The van der Waals surface area contributed by atoms with E-state index in [9.17, 15) is 4.79 Å². The van der Waals surface area contributed by atoms with Crippen LogP contribution < -0.4 is 15.0 Å². The number of hydrogen-bond donors (Lipinski definition) is 1. The number of nitrogens with zero attached hydrogens (tertiary/aromatic N) is 3. The number of carbonyl (C=O) groups is 1. The second-order valence-electron chi connectivity index (χ2n) is 9.46. The highest BCUT2D eigenvalue weighted by Gasteiger charge is 2.18. The Balaban J connectivity index is 0.000000202. The summed E-state index contributed by atoms with van der Waals surface area (Å²) in [6, 6.07) is 15.7. The minimum Gasteiger partial charge on any atom is -0.497 e. The number of aromatic nitrogens is 2. The maximum absolute atomic E-state index is 11.9. The van der Waals surface area contributed by atoms with Crippen molar-refractivity contribution in [2.24, 2.45) is 11.8 Å². The van der Waals surface area contributed by atoms with Crippen LogP contribution >= 0.6 is 0 Å². The van der Waals surface area contributed by atoms with Crippen LogP contribution in [0.4, 0.5) is 5.82 Å². The van der Waals surface area contributed by atoms with Crippen LogP contribution in [0.1, 0.15) is 44.0 Å². The number of ether oxygens (including phenoxy) is 1. The first kappa shape index (κ1) is 25.5. The van der Waals surface area contributed by atoms with Gasteiger partial charge in [0, 0.05) is 26.0 Å². The van der Waals surface area contributed by atoms with Gasteiger partial charge in [0.25, 0.3) is 0 Å². The zero-order chi connectivity index (χ0) is 24.5. The maximum Gasteiger partial charge on any atom is 0.224 e. The highest BCUT2D eigenvalue weighted by atomic mass is 16.5. The second kappa shape index (κ2) is 12.4. The maximum atomic E-state index is 11.9. The zero-order valence-corrected chi connectivity index (χ0v) is 21.2. The molecule has 0 saturated heterocycles. The van der Waals surface area contributed by atoms with E-state index >= 15 is 0 Å². The Morgan fingerprint density at radius 3 is 2.35 bits per heavy atom. The summed E-state index contributed by atoms with van der Waals surface area (Å²) in [5.41, 5.74) is 2.03. The largest absolute Gasteiger partial charge is 0.497 e. The molecule has 0 atom stereocenters. The number of fused-ring (bicyclic) bond motifs is 1. The molecule has 0 bridgehead atoms. The van der Waals surface area contributed by atoms with Gasteiger partial charge < -0.3 is 15.0 Å². The van der Waals surface area contributed by atoms with E-state index in [1.807, 2.05) is 74.4 Å². The smallest absolute Gasteiger partial charge is 0.224 e. The summed E-state index contributed by atoms with van der Waals surface area (Å²) in [5, 5.41) is 4.17. The normalized spacial score (nSPS) is 17.4. The molecule has 4 rings (SSSR count). The average molecular weight is 463 g/mol. The summed E-state index contributed by atoms with van der Waals surface area (Å²) in [6.45, 7) is 5.07. The van der Waals surface area contributed by atoms with E-state index in [0.29, 0.717) is 12.3 Å². The number of amides is 1. The van der Waals surface area contributed by atoms with Crippen molar-refractivity contribution in [1.29, 1.82) is 0 Å². The van der Waals surface area contributed by atoms with E-state index in [4.69, 9.17) is 4.74 Å². The first-order chi connectivity index (χ1) is 16.4. The lowest BCUT2D eigenvalue weighted by atomic mass is 9.83. The third-order valence-electron chi connectivity index (χ3n) is 6.37. The minimum atomic E-state index is 0.119. The topological polar surface area (TPSA) is 67.3 Å². The number of benzene rings is 2. The predicted molar refractivity (Wildman–Crippen MR) is 139 cm³/mol. The van der Waals surface area contributed by atoms with Gasteiger partial charge in [-0.2, -0.15) is 0 Å². The molecule has 1 amide bonds. The van der Waals surface area contributed by atoms with Gasteiger partial charge in [-0.1, -0.05) is 44.0 Å². The summed E-state index contributed by atoms with van der Waals surface area (Å²) >= 11 is 0. The highest BCUT2D eigenvalue weighted by Crippen LogP contribution is 2.27. The molecule has 1 N–H and O–H groups in total. The third kappa shape index (κ3) is 7.44. The molecule has 6 heteroatoms. The molecule has 0 aliphatic heterocycles. The van der Waals surface area contributed by atoms with E-state index in [-0.39, 0.29) is 5.91 Å². The van der Waals surface area contributed by atoms with Crippen LogP contribution in [0.25, 0.3) is 10.9 Å². The number of rotatable bonds is 6. The second-order valence-corrected chi connectivity index (χ2v) is 9.46. The first-order valence-corrected chi connectivity index (χ1v) is 12.2.